The van der Waals surface area contributed by atoms with Crippen molar-refractivity contribution in [2.45, 2.75) is 31.7 Å². The van der Waals surface area contributed by atoms with Crippen molar-refractivity contribution < 1.29 is 4.39 Å². The second-order valence-electron chi connectivity index (χ2n) is 4.35. The third-order valence-corrected chi connectivity index (χ3v) is 3.53. The summed E-state index contributed by atoms with van der Waals surface area (Å²) >= 11 is 5.89. The molecule has 16 heavy (non-hydrogen) atoms. The SMILES string of the molecule is CC1CCc2cc(F)cc3nc(CCl)n1c23. The largest absolute Gasteiger partial charge is 0.324 e. The van der Waals surface area contributed by atoms with Crippen LogP contribution in [0.1, 0.15) is 30.8 Å². The fourth-order valence-electron chi connectivity index (χ4n) is 2.58. The summed E-state index contributed by atoms with van der Waals surface area (Å²) in [5.74, 6) is 1.01. The van der Waals surface area contributed by atoms with Gasteiger partial charge in [0.25, 0.3) is 0 Å². The van der Waals surface area contributed by atoms with Crippen LogP contribution in [0.4, 0.5) is 4.39 Å². The highest BCUT2D eigenvalue weighted by molar-refractivity contribution is 6.16. The lowest BCUT2D eigenvalue weighted by Crippen LogP contribution is -2.14. The van der Waals surface area contributed by atoms with Gasteiger partial charge in [-0.1, -0.05) is 0 Å². The highest BCUT2D eigenvalue weighted by atomic mass is 35.5. The van der Waals surface area contributed by atoms with Crippen LogP contribution in [0, 0.1) is 5.82 Å². The van der Waals surface area contributed by atoms with Crippen LogP contribution in [0.5, 0.6) is 0 Å². The maximum Gasteiger partial charge on any atom is 0.125 e. The summed E-state index contributed by atoms with van der Waals surface area (Å²) in [4.78, 5) is 4.41. The zero-order chi connectivity index (χ0) is 11.3. The third-order valence-electron chi connectivity index (χ3n) is 3.29. The summed E-state index contributed by atoms with van der Waals surface area (Å²) in [6.07, 6.45) is 1.94. The third kappa shape index (κ3) is 1.27. The molecule has 0 spiro atoms. The molecule has 4 heteroatoms. The molecule has 0 fully saturated rings. The number of aryl methyl sites for hydroxylation is 1. The molecule has 84 valence electrons. The number of halogens is 2. The minimum absolute atomic E-state index is 0.206. The fraction of sp³-hybridized carbons (Fsp3) is 0.417. The second-order valence-corrected chi connectivity index (χ2v) is 4.62. The average molecular weight is 239 g/mol. The van der Waals surface area contributed by atoms with Crippen LogP contribution in [0.2, 0.25) is 0 Å². The molecule has 0 amide bonds. The van der Waals surface area contributed by atoms with E-state index in [2.05, 4.69) is 16.5 Å². The lowest BCUT2D eigenvalue weighted by molar-refractivity contribution is 0.488. The molecule has 0 N–H and O–H groups in total. The van der Waals surface area contributed by atoms with Crippen molar-refractivity contribution in [1.82, 2.24) is 9.55 Å². The molecule has 0 radical (unpaired) electrons. The number of rotatable bonds is 1. The number of alkyl halides is 1. The van der Waals surface area contributed by atoms with Gasteiger partial charge in [-0.2, -0.15) is 0 Å². The number of hydrogen-bond donors (Lipinski definition) is 0. The quantitative estimate of drug-likeness (QED) is 0.696. The summed E-state index contributed by atoms with van der Waals surface area (Å²) in [5.41, 5.74) is 2.85. The van der Waals surface area contributed by atoms with E-state index >= 15 is 0 Å². The van der Waals surface area contributed by atoms with Crippen molar-refractivity contribution in [3.8, 4) is 0 Å². The lowest BCUT2D eigenvalue weighted by Gasteiger charge is -2.23. The normalized spacial score (nSPS) is 19.3. The van der Waals surface area contributed by atoms with Crippen LogP contribution in [-0.4, -0.2) is 9.55 Å². The van der Waals surface area contributed by atoms with Gasteiger partial charge in [0.1, 0.15) is 11.6 Å². The molecule has 1 atom stereocenters. The molecule has 2 aromatic rings. The lowest BCUT2D eigenvalue weighted by atomic mass is 10.00. The van der Waals surface area contributed by atoms with Gasteiger partial charge in [0.2, 0.25) is 0 Å². The van der Waals surface area contributed by atoms with Gasteiger partial charge in [-0.15, -0.1) is 11.6 Å². The van der Waals surface area contributed by atoms with E-state index in [1.807, 2.05) is 0 Å². The van der Waals surface area contributed by atoms with Gasteiger partial charge < -0.3 is 4.57 Å². The first-order valence-electron chi connectivity index (χ1n) is 5.46. The minimum atomic E-state index is -0.206. The zero-order valence-corrected chi connectivity index (χ0v) is 9.76. The van der Waals surface area contributed by atoms with Crippen molar-refractivity contribution >= 4 is 22.6 Å². The zero-order valence-electron chi connectivity index (χ0n) is 9.00. The Hall–Kier alpha value is -1.09. The van der Waals surface area contributed by atoms with Crippen LogP contribution in [-0.2, 0) is 12.3 Å². The Morgan fingerprint density at radius 1 is 1.56 bits per heavy atom. The van der Waals surface area contributed by atoms with Gasteiger partial charge in [0, 0.05) is 12.1 Å². The van der Waals surface area contributed by atoms with E-state index in [0.717, 1.165) is 35.3 Å². The maximum absolute atomic E-state index is 13.4. The van der Waals surface area contributed by atoms with Gasteiger partial charge in [-0.25, -0.2) is 9.37 Å². The molecule has 0 aliphatic carbocycles. The highest BCUT2D eigenvalue weighted by Crippen LogP contribution is 2.33. The Morgan fingerprint density at radius 2 is 2.38 bits per heavy atom. The predicted molar refractivity (Wildman–Crippen MR) is 62.3 cm³/mol. The molecule has 1 aliphatic heterocycles. The summed E-state index contributed by atoms with van der Waals surface area (Å²) < 4.78 is 15.5. The molecular formula is C12H12ClFN2. The molecule has 1 aromatic carbocycles. The van der Waals surface area contributed by atoms with Gasteiger partial charge in [-0.05, 0) is 31.4 Å². The van der Waals surface area contributed by atoms with Crippen LogP contribution >= 0.6 is 11.6 Å². The molecule has 0 saturated heterocycles. The average Bonchev–Trinajstić information content (AvgIpc) is 2.63. The first-order valence-corrected chi connectivity index (χ1v) is 5.99. The van der Waals surface area contributed by atoms with Crippen molar-refractivity contribution in [3.63, 3.8) is 0 Å². The number of aromatic nitrogens is 2. The van der Waals surface area contributed by atoms with Gasteiger partial charge in [0.05, 0.1) is 16.9 Å². The summed E-state index contributed by atoms with van der Waals surface area (Å²) in [6, 6.07) is 3.50. The topological polar surface area (TPSA) is 17.8 Å². The maximum atomic E-state index is 13.4. The highest BCUT2D eigenvalue weighted by Gasteiger charge is 2.22. The Labute approximate surface area is 98.0 Å². The Balaban J connectivity index is 2.42. The number of hydrogen-bond acceptors (Lipinski definition) is 1. The van der Waals surface area contributed by atoms with Gasteiger partial charge in [-0.3, -0.25) is 0 Å². The first-order chi connectivity index (χ1) is 7.70. The van der Waals surface area contributed by atoms with Crippen LogP contribution in [0.15, 0.2) is 12.1 Å². The molecule has 1 unspecified atom stereocenters. The molecule has 2 heterocycles. The molecule has 2 nitrogen and oxygen atoms in total. The van der Waals surface area contributed by atoms with Crippen LogP contribution in [0.25, 0.3) is 11.0 Å². The van der Waals surface area contributed by atoms with Crippen LogP contribution < -0.4 is 0 Å². The van der Waals surface area contributed by atoms with Crippen molar-refractivity contribution in [2.24, 2.45) is 0 Å². The smallest absolute Gasteiger partial charge is 0.125 e. The standard InChI is InChI=1S/C12H12ClFN2/c1-7-2-3-8-4-9(14)5-10-12(8)16(7)11(6-13)15-10/h4-5,7H,2-3,6H2,1H3. The number of benzene rings is 1. The Kier molecular flexibility index (Phi) is 2.18. The predicted octanol–water partition coefficient (Wildman–Crippen LogP) is 3.42. The van der Waals surface area contributed by atoms with E-state index in [-0.39, 0.29) is 5.82 Å². The molecule has 0 saturated carbocycles. The first kappa shape index (κ1) is 10.1. The molecule has 3 rings (SSSR count). The molecular weight excluding hydrogens is 227 g/mol. The summed E-state index contributed by atoms with van der Waals surface area (Å²) in [7, 11) is 0. The van der Waals surface area contributed by atoms with E-state index < -0.39 is 0 Å². The van der Waals surface area contributed by atoms with Crippen molar-refractivity contribution in [1.29, 1.82) is 0 Å². The van der Waals surface area contributed by atoms with E-state index in [0.29, 0.717) is 11.9 Å². The molecule has 1 aliphatic rings. The van der Waals surface area contributed by atoms with E-state index in [9.17, 15) is 4.39 Å². The fourth-order valence-corrected chi connectivity index (χ4v) is 2.77. The Bertz CT molecular complexity index is 562. The number of nitrogens with zero attached hydrogens (tertiary/aromatic N) is 2. The molecule has 0 bridgehead atoms. The van der Waals surface area contributed by atoms with Crippen LogP contribution in [0.3, 0.4) is 0 Å². The second kappa shape index (κ2) is 3.45. The van der Waals surface area contributed by atoms with E-state index in [4.69, 9.17) is 11.6 Å². The summed E-state index contributed by atoms with van der Waals surface area (Å²) in [5, 5.41) is 0. The van der Waals surface area contributed by atoms with Gasteiger partial charge in [0.15, 0.2) is 0 Å². The van der Waals surface area contributed by atoms with Crippen molar-refractivity contribution in [3.05, 3.63) is 29.3 Å². The Morgan fingerprint density at radius 3 is 3.12 bits per heavy atom. The summed E-state index contributed by atoms with van der Waals surface area (Å²) in [6.45, 7) is 2.16. The molecule has 1 aromatic heterocycles. The monoisotopic (exact) mass is 238 g/mol. The minimum Gasteiger partial charge on any atom is -0.324 e. The van der Waals surface area contributed by atoms with Gasteiger partial charge >= 0.3 is 0 Å². The number of imidazole rings is 1. The van der Waals surface area contributed by atoms with E-state index in [1.165, 1.54) is 6.07 Å². The van der Waals surface area contributed by atoms with Crippen molar-refractivity contribution in [2.75, 3.05) is 0 Å². The van der Waals surface area contributed by atoms with E-state index in [1.54, 1.807) is 6.07 Å².